The zero-order chi connectivity index (χ0) is 14.3. The molecule has 19 heavy (non-hydrogen) atoms. The number of rotatable bonds is 5. The van der Waals surface area contributed by atoms with Crippen LogP contribution in [0.3, 0.4) is 0 Å². The van der Waals surface area contributed by atoms with Crippen LogP contribution in [-0.4, -0.2) is 20.8 Å². The summed E-state index contributed by atoms with van der Waals surface area (Å²) in [5.74, 6) is -3.82. The molecule has 0 unspecified atom stereocenters. The van der Waals surface area contributed by atoms with Crippen molar-refractivity contribution in [2.45, 2.75) is 17.7 Å². The Morgan fingerprint density at radius 1 is 1.21 bits per heavy atom. The lowest BCUT2D eigenvalue weighted by Crippen LogP contribution is -2.32. The first-order chi connectivity index (χ1) is 8.80. The normalized spacial score (nSPS) is 17.5. The highest BCUT2D eigenvalue weighted by Gasteiger charge is 2.42. The molecule has 0 radical (unpaired) electrons. The van der Waals surface area contributed by atoms with E-state index in [1.54, 1.807) is 0 Å². The minimum Gasteiger partial charge on any atom is -0.210 e. The second kappa shape index (κ2) is 4.96. The molecule has 0 amide bonds. The van der Waals surface area contributed by atoms with Crippen LogP contribution in [0.25, 0.3) is 0 Å². The SMILES string of the molecule is O=S(=O)(NCC1(CCl)CC1)c1c(F)cc(F)cc1F. The van der Waals surface area contributed by atoms with Crippen molar-refractivity contribution in [2.75, 3.05) is 12.4 Å². The predicted octanol–water partition coefficient (Wildman–Crippen LogP) is 2.40. The van der Waals surface area contributed by atoms with Crippen LogP contribution >= 0.6 is 11.6 Å². The highest BCUT2D eigenvalue weighted by atomic mass is 35.5. The number of hydrogen-bond donors (Lipinski definition) is 1. The Hall–Kier alpha value is -0.790. The highest BCUT2D eigenvalue weighted by Crippen LogP contribution is 2.46. The number of hydrogen-bond acceptors (Lipinski definition) is 2. The standard InChI is InChI=1S/C11H11ClF3NO2S/c12-5-11(1-2-11)6-16-19(17,18)10-8(14)3-7(13)4-9(10)15/h3-4,16H,1-2,5-6H2. The fraction of sp³-hybridized carbons (Fsp3) is 0.455. The van der Waals surface area contributed by atoms with E-state index in [-0.39, 0.29) is 17.8 Å². The van der Waals surface area contributed by atoms with Gasteiger partial charge in [-0.3, -0.25) is 0 Å². The second-order valence-electron chi connectivity index (χ2n) is 4.66. The lowest BCUT2D eigenvalue weighted by Gasteiger charge is -2.13. The molecule has 3 nitrogen and oxygen atoms in total. The van der Waals surface area contributed by atoms with Crippen LogP contribution in [0.5, 0.6) is 0 Å². The molecule has 0 heterocycles. The first-order valence-corrected chi connectivity index (χ1v) is 7.52. The van der Waals surface area contributed by atoms with E-state index >= 15 is 0 Å². The van der Waals surface area contributed by atoms with Crippen molar-refractivity contribution >= 4 is 21.6 Å². The molecule has 1 N–H and O–H groups in total. The van der Waals surface area contributed by atoms with Crippen molar-refractivity contribution in [1.82, 2.24) is 4.72 Å². The van der Waals surface area contributed by atoms with E-state index in [0.717, 1.165) is 12.8 Å². The Bertz CT molecular complexity index is 579. The molecule has 0 aliphatic heterocycles. The van der Waals surface area contributed by atoms with Gasteiger partial charge in [-0.05, 0) is 18.3 Å². The molecule has 0 atom stereocenters. The summed E-state index contributed by atoms with van der Waals surface area (Å²) in [6, 6.07) is 0.651. The summed E-state index contributed by atoms with van der Waals surface area (Å²) >= 11 is 5.68. The average molecular weight is 314 g/mol. The van der Waals surface area contributed by atoms with E-state index in [2.05, 4.69) is 4.72 Å². The quantitative estimate of drug-likeness (QED) is 0.849. The van der Waals surface area contributed by atoms with Gasteiger partial charge in [-0.1, -0.05) is 0 Å². The van der Waals surface area contributed by atoms with Gasteiger partial charge >= 0.3 is 0 Å². The Balaban J connectivity index is 2.25. The Labute approximate surface area is 113 Å². The number of alkyl halides is 1. The lowest BCUT2D eigenvalue weighted by atomic mass is 10.1. The topological polar surface area (TPSA) is 46.2 Å². The van der Waals surface area contributed by atoms with Crippen molar-refractivity contribution in [2.24, 2.45) is 5.41 Å². The van der Waals surface area contributed by atoms with Crippen LogP contribution in [0.4, 0.5) is 13.2 Å². The summed E-state index contributed by atoms with van der Waals surface area (Å²) in [6.45, 7) is 0.00902. The second-order valence-corrected chi connectivity index (χ2v) is 6.63. The number of halogens is 4. The third kappa shape index (κ3) is 3.04. The van der Waals surface area contributed by atoms with E-state index < -0.39 is 32.4 Å². The van der Waals surface area contributed by atoms with Crippen LogP contribution in [0.1, 0.15) is 12.8 Å². The Morgan fingerprint density at radius 2 is 1.74 bits per heavy atom. The molecule has 1 aromatic rings. The zero-order valence-electron chi connectivity index (χ0n) is 9.72. The molecule has 106 valence electrons. The maximum atomic E-state index is 13.4. The maximum absolute atomic E-state index is 13.4. The van der Waals surface area contributed by atoms with Crippen molar-refractivity contribution in [1.29, 1.82) is 0 Å². The summed E-state index contributed by atoms with van der Waals surface area (Å²) in [7, 11) is -4.37. The van der Waals surface area contributed by atoms with Crippen molar-refractivity contribution in [3.8, 4) is 0 Å². The molecule has 1 aliphatic rings. The molecule has 1 saturated carbocycles. The van der Waals surface area contributed by atoms with Crippen LogP contribution < -0.4 is 4.72 Å². The molecule has 0 saturated heterocycles. The van der Waals surface area contributed by atoms with Crippen LogP contribution in [0, 0.1) is 22.9 Å². The van der Waals surface area contributed by atoms with Gasteiger partial charge < -0.3 is 0 Å². The first kappa shape index (κ1) is 14.6. The molecular formula is C11H11ClF3NO2S. The molecule has 2 rings (SSSR count). The molecular weight excluding hydrogens is 303 g/mol. The lowest BCUT2D eigenvalue weighted by molar-refractivity contribution is 0.487. The van der Waals surface area contributed by atoms with Gasteiger partial charge in [-0.25, -0.2) is 26.3 Å². The third-order valence-corrected chi connectivity index (χ3v) is 5.13. The number of sulfonamides is 1. The van der Waals surface area contributed by atoms with Gasteiger partial charge in [0.1, 0.15) is 17.5 Å². The predicted molar refractivity (Wildman–Crippen MR) is 63.9 cm³/mol. The van der Waals surface area contributed by atoms with Crippen LogP contribution in [0.2, 0.25) is 0 Å². The van der Waals surface area contributed by atoms with Crippen molar-refractivity contribution < 1.29 is 21.6 Å². The van der Waals surface area contributed by atoms with Crippen LogP contribution in [0.15, 0.2) is 17.0 Å². The molecule has 1 fully saturated rings. The summed E-state index contributed by atoms with van der Waals surface area (Å²) in [5, 5.41) is 0. The average Bonchev–Trinajstić information content (AvgIpc) is 3.05. The van der Waals surface area contributed by atoms with Gasteiger partial charge in [0, 0.05) is 24.6 Å². The van der Waals surface area contributed by atoms with Gasteiger partial charge in [0.05, 0.1) is 0 Å². The summed E-state index contributed by atoms with van der Waals surface area (Å²) in [6.07, 6.45) is 1.51. The molecule has 1 aromatic carbocycles. The Morgan fingerprint density at radius 3 is 2.16 bits per heavy atom. The minimum atomic E-state index is -4.37. The van der Waals surface area contributed by atoms with Gasteiger partial charge in [0.2, 0.25) is 10.0 Å². The Kier molecular flexibility index (Phi) is 3.81. The van der Waals surface area contributed by atoms with E-state index in [1.165, 1.54) is 0 Å². The van der Waals surface area contributed by atoms with Gasteiger partial charge in [-0.15, -0.1) is 11.6 Å². The number of benzene rings is 1. The van der Waals surface area contributed by atoms with E-state index in [4.69, 9.17) is 11.6 Å². The molecule has 1 aliphatic carbocycles. The van der Waals surface area contributed by atoms with Crippen LogP contribution in [-0.2, 0) is 10.0 Å². The number of nitrogens with one attached hydrogen (secondary N) is 1. The minimum absolute atomic E-state index is 0.00902. The van der Waals surface area contributed by atoms with Crippen molar-refractivity contribution in [3.05, 3.63) is 29.6 Å². The summed E-state index contributed by atoms with van der Waals surface area (Å²) < 4.78 is 65.3. The monoisotopic (exact) mass is 313 g/mol. The van der Waals surface area contributed by atoms with Gasteiger partial charge in [0.15, 0.2) is 4.90 Å². The van der Waals surface area contributed by atoms with E-state index in [9.17, 15) is 21.6 Å². The smallest absolute Gasteiger partial charge is 0.210 e. The summed E-state index contributed by atoms with van der Waals surface area (Å²) in [5.41, 5.74) is -0.332. The third-order valence-electron chi connectivity index (χ3n) is 3.11. The fourth-order valence-electron chi connectivity index (χ4n) is 1.64. The van der Waals surface area contributed by atoms with Gasteiger partial charge in [-0.2, -0.15) is 0 Å². The maximum Gasteiger partial charge on any atom is 0.246 e. The van der Waals surface area contributed by atoms with E-state index in [0.29, 0.717) is 12.1 Å². The molecule has 0 bridgehead atoms. The highest BCUT2D eigenvalue weighted by molar-refractivity contribution is 7.89. The van der Waals surface area contributed by atoms with E-state index in [1.807, 2.05) is 0 Å². The zero-order valence-corrected chi connectivity index (χ0v) is 11.3. The molecule has 8 heteroatoms. The largest absolute Gasteiger partial charge is 0.246 e. The fourth-order valence-corrected chi connectivity index (χ4v) is 3.27. The van der Waals surface area contributed by atoms with Crippen molar-refractivity contribution in [3.63, 3.8) is 0 Å². The first-order valence-electron chi connectivity index (χ1n) is 5.50. The molecule has 0 aromatic heterocycles. The summed E-state index contributed by atoms with van der Waals surface area (Å²) in [4.78, 5) is -1.17. The molecule has 0 spiro atoms. The van der Waals surface area contributed by atoms with Gasteiger partial charge in [0.25, 0.3) is 0 Å².